The number of nitrogens with zero attached hydrogens (tertiary/aromatic N) is 3. The quantitative estimate of drug-likeness (QED) is 0.792. The van der Waals surface area contributed by atoms with E-state index in [0.29, 0.717) is 18.6 Å². The number of rotatable bonds is 7. The van der Waals surface area contributed by atoms with E-state index in [0.717, 1.165) is 38.5 Å². The first-order valence-corrected chi connectivity index (χ1v) is 10.4. The Bertz CT molecular complexity index is 557. The van der Waals surface area contributed by atoms with Gasteiger partial charge in [0.1, 0.15) is 18.5 Å². The molecule has 0 radical (unpaired) electrons. The summed E-state index contributed by atoms with van der Waals surface area (Å²) in [6, 6.07) is 8.38. The normalized spacial score (nSPS) is 23.3. The molecule has 2 heterocycles. The van der Waals surface area contributed by atoms with Crippen LogP contribution in [0.2, 0.25) is 0 Å². The van der Waals surface area contributed by atoms with E-state index in [1.165, 1.54) is 31.5 Å². The van der Waals surface area contributed by atoms with Crippen molar-refractivity contribution < 1.29 is 9.84 Å². The average molecular weight is 376 g/mol. The Kier molecular flexibility index (Phi) is 7.15. The predicted octanol–water partition coefficient (Wildman–Crippen LogP) is 2.30. The molecular weight excluding hydrogens is 338 g/mol. The Labute approximate surface area is 164 Å². The number of β-amino-alcohol motifs (C(OH)–C–C–N with tert-alkyl or cyclic N) is 1. The van der Waals surface area contributed by atoms with E-state index in [4.69, 9.17) is 4.74 Å². The van der Waals surface area contributed by atoms with Crippen molar-refractivity contribution in [2.45, 2.75) is 39.3 Å². The summed E-state index contributed by atoms with van der Waals surface area (Å²) in [7, 11) is 2.15. The number of likely N-dealkylation sites (N-methyl/N-ethyl adjacent to an activating group) is 1. The molecule has 0 bridgehead atoms. The van der Waals surface area contributed by atoms with Gasteiger partial charge in [-0.05, 0) is 56.1 Å². The third-order valence-electron chi connectivity index (χ3n) is 6.05. The summed E-state index contributed by atoms with van der Waals surface area (Å²) >= 11 is 0. The summed E-state index contributed by atoms with van der Waals surface area (Å²) in [6.07, 6.45) is 2.11. The highest BCUT2D eigenvalue weighted by Gasteiger charge is 2.25. The monoisotopic (exact) mass is 375 g/mol. The molecule has 1 aromatic rings. The van der Waals surface area contributed by atoms with E-state index in [-0.39, 0.29) is 0 Å². The van der Waals surface area contributed by atoms with Crippen LogP contribution in [0.4, 0.5) is 0 Å². The maximum absolute atomic E-state index is 10.3. The number of piperazine rings is 1. The van der Waals surface area contributed by atoms with Crippen LogP contribution in [0.5, 0.6) is 5.75 Å². The lowest BCUT2D eigenvalue weighted by Crippen LogP contribution is -2.47. The lowest BCUT2D eigenvalue weighted by Gasteiger charge is -2.36. The van der Waals surface area contributed by atoms with Gasteiger partial charge in [-0.1, -0.05) is 26.0 Å². The number of piperidine rings is 1. The van der Waals surface area contributed by atoms with E-state index in [1.807, 2.05) is 12.1 Å². The molecule has 1 aromatic carbocycles. The standard InChI is InChI=1S/C22H37N3O2/c1-22(2)8-10-24(11-9-22)16-19-4-6-21(7-5-19)27-18-20(26)17-25-14-12-23(3)13-15-25/h4-7,20,26H,8-18H2,1-3H3/t20-/m0/s1. The number of aliphatic hydroxyl groups excluding tert-OH is 1. The highest BCUT2D eigenvalue weighted by molar-refractivity contribution is 5.27. The van der Waals surface area contributed by atoms with Gasteiger partial charge in [0, 0.05) is 39.3 Å². The van der Waals surface area contributed by atoms with Crippen LogP contribution in [0.15, 0.2) is 24.3 Å². The number of hydrogen-bond acceptors (Lipinski definition) is 5. The van der Waals surface area contributed by atoms with Gasteiger partial charge in [0.2, 0.25) is 0 Å². The van der Waals surface area contributed by atoms with Crippen molar-refractivity contribution in [1.82, 2.24) is 14.7 Å². The third-order valence-corrected chi connectivity index (χ3v) is 6.05. The van der Waals surface area contributed by atoms with Crippen LogP contribution in [0.3, 0.4) is 0 Å². The molecule has 2 aliphatic rings. The fourth-order valence-electron chi connectivity index (χ4n) is 3.84. The van der Waals surface area contributed by atoms with Gasteiger partial charge in [0.05, 0.1) is 0 Å². The Balaban J connectivity index is 1.37. The minimum Gasteiger partial charge on any atom is -0.491 e. The summed E-state index contributed by atoms with van der Waals surface area (Å²) in [6.45, 7) is 13.4. The Morgan fingerprint density at radius 3 is 2.22 bits per heavy atom. The molecule has 0 unspecified atom stereocenters. The maximum Gasteiger partial charge on any atom is 0.119 e. The van der Waals surface area contributed by atoms with Gasteiger partial charge < -0.3 is 14.7 Å². The molecule has 152 valence electrons. The summed E-state index contributed by atoms with van der Waals surface area (Å²) in [5.74, 6) is 0.843. The van der Waals surface area contributed by atoms with Gasteiger partial charge in [-0.2, -0.15) is 0 Å². The fourth-order valence-corrected chi connectivity index (χ4v) is 3.84. The van der Waals surface area contributed by atoms with E-state index in [2.05, 4.69) is 47.7 Å². The molecule has 1 atom stereocenters. The molecule has 0 aromatic heterocycles. The van der Waals surface area contributed by atoms with Crippen LogP contribution >= 0.6 is 0 Å². The van der Waals surface area contributed by atoms with Crippen LogP contribution < -0.4 is 4.74 Å². The predicted molar refractivity (Wildman–Crippen MR) is 110 cm³/mol. The molecule has 5 heteroatoms. The van der Waals surface area contributed by atoms with Crippen LogP contribution in [0, 0.1) is 5.41 Å². The van der Waals surface area contributed by atoms with Gasteiger partial charge in [-0.25, -0.2) is 0 Å². The lowest BCUT2D eigenvalue weighted by molar-refractivity contribution is 0.0504. The minimum atomic E-state index is -0.440. The number of aliphatic hydroxyl groups is 1. The first-order valence-electron chi connectivity index (χ1n) is 10.4. The van der Waals surface area contributed by atoms with Gasteiger partial charge in [-0.15, -0.1) is 0 Å². The molecule has 2 aliphatic heterocycles. The molecule has 5 nitrogen and oxygen atoms in total. The largest absolute Gasteiger partial charge is 0.491 e. The van der Waals surface area contributed by atoms with Gasteiger partial charge in [-0.3, -0.25) is 9.80 Å². The minimum absolute atomic E-state index is 0.354. The van der Waals surface area contributed by atoms with E-state index < -0.39 is 6.10 Å². The topological polar surface area (TPSA) is 39.2 Å². The summed E-state index contributed by atoms with van der Waals surface area (Å²) in [4.78, 5) is 7.18. The number of likely N-dealkylation sites (tertiary alicyclic amines) is 1. The van der Waals surface area contributed by atoms with Crippen molar-refractivity contribution in [3.63, 3.8) is 0 Å². The summed E-state index contributed by atoms with van der Waals surface area (Å²) in [5, 5.41) is 10.3. The fraction of sp³-hybridized carbons (Fsp3) is 0.727. The van der Waals surface area contributed by atoms with Crippen molar-refractivity contribution >= 4 is 0 Å². The van der Waals surface area contributed by atoms with Crippen LogP contribution in [-0.4, -0.2) is 85.4 Å². The first kappa shape index (κ1) is 20.6. The van der Waals surface area contributed by atoms with Crippen molar-refractivity contribution in [2.24, 2.45) is 5.41 Å². The Hall–Kier alpha value is -1.14. The zero-order chi connectivity index (χ0) is 19.3. The van der Waals surface area contributed by atoms with Crippen LogP contribution in [-0.2, 0) is 6.54 Å². The molecule has 27 heavy (non-hydrogen) atoms. The molecule has 3 rings (SSSR count). The zero-order valence-corrected chi connectivity index (χ0v) is 17.4. The Morgan fingerprint density at radius 1 is 0.963 bits per heavy atom. The highest BCUT2D eigenvalue weighted by Crippen LogP contribution is 2.30. The van der Waals surface area contributed by atoms with Gasteiger partial charge >= 0.3 is 0 Å². The second kappa shape index (κ2) is 9.37. The molecule has 2 saturated heterocycles. The molecular formula is C22H37N3O2. The third kappa shape index (κ3) is 6.75. The molecule has 1 N–H and O–H groups in total. The van der Waals surface area contributed by atoms with Gasteiger partial charge in [0.25, 0.3) is 0 Å². The smallest absolute Gasteiger partial charge is 0.119 e. The number of hydrogen-bond donors (Lipinski definition) is 1. The van der Waals surface area contributed by atoms with Crippen molar-refractivity contribution in [3.05, 3.63) is 29.8 Å². The number of ether oxygens (including phenoxy) is 1. The SMILES string of the molecule is CN1CCN(C[C@H](O)COc2ccc(CN3CCC(C)(C)CC3)cc2)CC1. The summed E-state index contributed by atoms with van der Waals surface area (Å²) < 4.78 is 5.80. The second-order valence-corrected chi connectivity index (χ2v) is 9.15. The average Bonchev–Trinajstić information content (AvgIpc) is 2.65. The van der Waals surface area contributed by atoms with Crippen molar-refractivity contribution in [1.29, 1.82) is 0 Å². The number of benzene rings is 1. The van der Waals surface area contributed by atoms with Gasteiger partial charge in [0.15, 0.2) is 0 Å². The van der Waals surface area contributed by atoms with Crippen LogP contribution in [0.1, 0.15) is 32.3 Å². The maximum atomic E-state index is 10.3. The highest BCUT2D eigenvalue weighted by atomic mass is 16.5. The molecule has 2 fully saturated rings. The van der Waals surface area contributed by atoms with Crippen molar-refractivity contribution in [3.8, 4) is 5.75 Å². The molecule has 0 amide bonds. The molecule has 0 aliphatic carbocycles. The van der Waals surface area contributed by atoms with Crippen molar-refractivity contribution in [2.75, 3.05) is 59.5 Å². The second-order valence-electron chi connectivity index (χ2n) is 9.15. The summed E-state index contributed by atoms with van der Waals surface area (Å²) in [5.41, 5.74) is 1.83. The zero-order valence-electron chi connectivity index (χ0n) is 17.4. The van der Waals surface area contributed by atoms with E-state index in [1.54, 1.807) is 0 Å². The lowest BCUT2D eigenvalue weighted by atomic mass is 9.82. The van der Waals surface area contributed by atoms with E-state index >= 15 is 0 Å². The molecule has 0 spiro atoms. The first-order chi connectivity index (χ1) is 12.9. The molecule has 0 saturated carbocycles. The van der Waals surface area contributed by atoms with E-state index in [9.17, 15) is 5.11 Å². The van der Waals surface area contributed by atoms with Crippen LogP contribution in [0.25, 0.3) is 0 Å². The Morgan fingerprint density at radius 2 is 1.59 bits per heavy atom.